The van der Waals surface area contributed by atoms with Gasteiger partial charge >= 0.3 is 6.03 Å². The molecule has 1 fully saturated rings. The number of hydrogen-bond donors (Lipinski definition) is 3. The highest BCUT2D eigenvalue weighted by Crippen LogP contribution is 2.38. The monoisotopic (exact) mass is 505 g/mol. The molecule has 36 heavy (non-hydrogen) atoms. The zero-order valence-corrected chi connectivity index (χ0v) is 20.7. The number of fused-ring (bicyclic) bond motifs is 1. The van der Waals surface area contributed by atoms with Crippen LogP contribution in [0.5, 0.6) is 0 Å². The van der Waals surface area contributed by atoms with Crippen molar-refractivity contribution in [3.63, 3.8) is 0 Å². The van der Waals surface area contributed by atoms with E-state index in [4.69, 9.17) is 4.74 Å². The Morgan fingerprint density at radius 1 is 1.17 bits per heavy atom. The summed E-state index contributed by atoms with van der Waals surface area (Å²) >= 11 is 1.40. The number of rotatable bonds is 7. The lowest BCUT2D eigenvalue weighted by Crippen LogP contribution is -2.39. The summed E-state index contributed by atoms with van der Waals surface area (Å²) in [5.41, 5.74) is 4.10. The quantitative estimate of drug-likeness (QED) is 0.349. The Hall–Kier alpha value is -3.51. The van der Waals surface area contributed by atoms with E-state index in [1.807, 2.05) is 37.3 Å². The first-order valence-corrected chi connectivity index (χ1v) is 12.6. The Kier molecular flexibility index (Phi) is 7.42. The number of anilines is 1. The van der Waals surface area contributed by atoms with E-state index in [-0.39, 0.29) is 6.03 Å². The van der Waals surface area contributed by atoms with Gasteiger partial charge in [0.05, 0.1) is 29.1 Å². The van der Waals surface area contributed by atoms with Crippen molar-refractivity contribution in [2.24, 2.45) is 0 Å². The maximum Gasteiger partial charge on any atom is 0.321 e. The average molecular weight is 506 g/mol. The Balaban J connectivity index is 1.45. The molecule has 10 nitrogen and oxygen atoms in total. The summed E-state index contributed by atoms with van der Waals surface area (Å²) in [5, 5.41) is 16.6. The van der Waals surface area contributed by atoms with E-state index >= 15 is 0 Å². The summed E-state index contributed by atoms with van der Waals surface area (Å²) in [7, 11) is 0. The smallest absolute Gasteiger partial charge is 0.321 e. The highest BCUT2D eigenvalue weighted by molar-refractivity contribution is 7.22. The van der Waals surface area contributed by atoms with Crippen LogP contribution < -0.4 is 10.6 Å². The van der Waals surface area contributed by atoms with E-state index in [1.165, 1.54) is 11.3 Å². The number of benzene rings is 1. The molecule has 3 aromatic heterocycles. The molecule has 1 aliphatic heterocycles. The molecule has 186 valence electrons. The third kappa shape index (κ3) is 5.49. The zero-order valence-electron chi connectivity index (χ0n) is 19.8. The van der Waals surface area contributed by atoms with Crippen LogP contribution in [-0.4, -0.2) is 75.4 Å². The average Bonchev–Trinajstić information content (AvgIpc) is 3.31. The number of ether oxygens (including phenoxy) is 1. The molecule has 1 unspecified atom stereocenters. The molecule has 4 aromatic rings. The summed E-state index contributed by atoms with van der Waals surface area (Å²) in [6.07, 6.45) is 4.41. The van der Waals surface area contributed by atoms with Crippen LogP contribution in [-0.2, 0) is 4.74 Å². The van der Waals surface area contributed by atoms with Crippen molar-refractivity contribution < 1.29 is 14.6 Å². The highest BCUT2D eigenvalue weighted by Gasteiger charge is 2.19. The molecule has 0 bridgehead atoms. The molecule has 0 saturated carbocycles. The Morgan fingerprint density at radius 3 is 2.69 bits per heavy atom. The van der Waals surface area contributed by atoms with Crippen molar-refractivity contribution in [3.05, 3.63) is 54.7 Å². The van der Waals surface area contributed by atoms with Gasteiger partial charge in [-0.3, -0.25) is 15.2 Å². The molecule has 0 spiro atoms. The molecule has 0 aliphatic carbocycles. The molecule has 4 heterocycles. The number of aliphatic hydroxyl groups is 1. The largest absolute Gasteiger partial charge is 0.384 e. The minimum absolute atomic E-state index is 0.296. The number of aliphatic hydroxyl groups excluding tert-OH is 1. The Morgan fingerprint density at radius 2 is 1.97 bits per heavy atom. The molecule has 1 aromatic carbocycles. The van der Waals surface area contributed by atoms with Crippen LogP contribution in [0.1, 0.15) is 18.9 Å². The minimum atomic E-state index is -0.773. The fourth-order valence-corrected chi connectivity index (χ4v) is 5.00. The lowest BCUT2D eigenvalue weighted by Gasteiger charge is -2.28. The van der Waals surface area contributed by atoms with Gasteiger partial charge in [-0.25, -0.2) is 19.7 Å². The number of carbonyl (C=O) groups excluding carboxylic acids is 1. The van der Waals surface area contributed by atoms with Crippen molar-refractivity contribution >= 4 is 32.7 Å². The molecule has 2 amide bonds. The van der Waals surface area contributed by atoms with E-state index in [0.717, 1.165) is 45.7 Å². The first-order chi connectivity index (χ1) is 17.6. The predicted octanol–water partition coefficient (Wildman–Crippen LogP) is 3.32. The predicted molar refractivity (Wildman–Crippen MR) is 139 cm³/mol. The second-order valence-electron chi connectivity index (χ2n) is 8.35. The highest BCUT2D eigenvalue weighted by atomic mass is 32.1. The van der Waals surface area contributed by atoms with Gasteiger partial charge < -0.3 is 15.2 Å². The van der Waals surface area contributed by atoms with E-state index in [2.05, 4.69) is 35.5 Å². The summed E-state index contributed by atoms with van der Waals surface area (Å²) < 4.78 is 6.29. The molecule has 0 radical (unpaired) electrons. The molecule has 3 N–H and O–H groups in total. The van der Waals surface area contributed by atoms with Crippen molar-refractivity contribution in [1.29, 1.82) is 0 Å². The fraction of sp³-hybridized carbons (Fsp3) is 0.320. The number of carbonyl (C=O) groups is 1. The maximum atomic E-state index is 12.0. The number of aromatic nitrogens is 4. The van der Waals surface area contributed by atoms with Crippen LogP contribution in [0.15, 0.2) is 48.9 Å². The van der Waals surface area contributed by atoms with Crippen molar-refractivity contribution in [3.8, 4) is 22.4 Å². The lowest BCUT2D eigenvalue weighted by molar-refractivity contribution is 0.0126. The number of thiazole rings is 1. The van der Waals surface area contributed by atoms with Gasteiger partial charge in [0, 0.05) is 55.9 Å². The number of β-amino-alcohol motifs (C(OH)–C–C–N with tert-alkyl or cyclic N) is 1. The number of morpholine rings is 1. The fourth-order valence-electron chi connectivity index (χ4n) is 4.04. The number of hydrogen-bond acceptors (Lipinski definition) is 9. The van der Waals surface area contributed by atoms with Gasteiger partial charge in [-0.1, -0.05) is 17.4 Å². The summed E-state index contributed by atoms with van der Waals surface area (Å²) in [4.78, 5) is 32.2. The molecule has 1 aliphatic rings. The summed E-state index contributed by atoms with van der Waals surface area (Å²) in [5.74, 6) is 0.387. The number of amides is 2. The van der Waals surface area contributed by atoms with Gasteiger partial charge in [0.25, 0.3) is 0 Å². The van der Waals surface area contributed by atoms with Gasteiger partial charge in [-0.05, 0) is 36.8 Å². The van der Waals surface area contributed by atoms with Gasteiger partial charge in [0.2, 0.25) is 0 Å². The molecule has 1 atom stereocenters. The number of pyridine rings is 1. The van der Waals surface area contributed by atoms with Gasteiger partial charge in [0.1, 0.15) is 6.10 Å². The summed E-state index contributed by atoms with van der Waals surface area (Å²) in [6.45, 7) is 5.77. The first kappa shape index (κ1) is 24.2. The lowest BCUT2D eigenvalue weighted by atomic mass is 10.0. The van der Waals surface area contributed by atoms with Crippen LogP contribution in [0, 0.1) is 0 Å². The topological polar surface area (TPSA) is 125 Å². The van der Waals surface area contributed by atoms with E-state index in [1.54, 1.807) is 18.6 Å². The first-order valence-electron chi connectivity index (χ1n) is 11.8. The second kappa shape index (κ2) is 11.0. The number of urea groups is 1. The Labute approximate surface area is 212 Å². The molecular weight excluding hydrogens is 478 g/mol. The van der Waals surface area contributed by atoms with E-state index in [0.29, 0.717) is 37.3 Å². The van der Waals surface area contributed by atoms with Gasteiger partial charge in [0.15, 0.2) is 11.0 Å². The van der Waals surface area contributed by atoms with Crippen molar-refractivity contribution in [2.45, 2.75) is 13.0 Å². The van der Waals surface area contributed by atoms with Crippen LogP contribution in [0.4, 0.5) is 9.93 Å². The summed E-state index contributed by atoms with van der Waals surface area (Å²) in [6, 6.07) is 9.43. The normalized spacial score (nSPS) is 15.1. The third-order valence-corrected chi connectivity index (χ3v) is 6.85. The van der Waals surface area contributed by atoms with E-state index in [9.17, 15) is 9.90 Å². The minimum Gasteiger partial charge on any atom is -0.384 e. The standard InChI is InChI=1S/C25H27N7O3S/c1-2-26-24(34)31-25-30-20-12-16(11-18(22(20)36-25)19-5-3-4-6-27-19)17-13-28-23(29-14-17)21(33)15-32-7-9-35-10-8-32/h3-6,11-14,21,33H,2,7-10,15H2,1H3,(H2,26,30,31,34). The SMILES string of the molecule is CCNC(=O)Nc1nc2cc(-c3cnc(C(O)CN4CCOCC4)nc3)cc(-c3ccccn3)c2s1. The number of nitrogens with zero attached hydrogens (tertiary/aromatic N) is 5. The molecule has 1 saturated heterocycles. The molecule has 11 heteroatoms. The zero-order chi connectivity index (χ0) is 24.9. The maximum absolute atomic E-state index is 12.0. The third-order valence-electron chi connectivity index (χ3n) is 5.83. The molecule has 5 rings (SSSR count). The van der Waals surface area contributed by atoms with Gasteiger partial charge in [-0.15, -0.1) is 0 Å². The Bertz CT molecular complexity index is 1330. The number of nitrogens with one attached hydrogen (secondary N) is 2. The van der Waals surface area contributed by atoms with E-state index < -0.39 is 6.10 Å². The van der Waals surface area contributed by atoms with Crippen LogP contribution >= 0.6 is 11.3 Å². The van der Waals surface area contributed by atoms with Crippen molar-refractivity contribution in [1.82, 2.24) is 30.2 Å². The van der Waals surface area contributed by atoms with Crippen LogP contribution in [0.25, 0.3) is 32.6 Å². The molecular formula is C25H27N7O3S. The van der Waals surface area contributed by atoms with Crippen molar-refractivity contribution in [2.75, 3.05) is 44.7 Å². The van der Waals surface area contributed by atoms with Gasteiger partial charge in [-0.2, -0.15) is 0 Å². The van der Waals surface area contributed by atoms with Crippen LogP contribution in [0.3, 0.4) is 0 Å². The second-order valence-corrected chi connectivity index (χ2v) is 9.35. The van der Waals surface area contributed by atoms with Crippen LogP contribution in [0.2, 0.25) is 0 Å².